The van der Waals surface area contributed by atoms with E-state index < -0.39 is 0 Å². The van der Waals surface area contributed by atoms with Crippen molar-refractivity contribution in [3.63, 3.8) is 0 Å². The molecule has 3 fully saturated rings. The highest BCUT2D eigenvalue weighted by atomic mass is 16.2. The molecule has 2 amide bonds. The molecule has 1 aromatic rings. The highest BCUT2D eigenvalue weighted by Gasteiger charge is 2.49. The van der Waals surface area contributed by atoms with Crippen molar-refractivity contribution in [3.8, 4) is 0 Å². The first kappa shape index (κ1) is 18.5. The number of aromatic nitrogens is 2. The molecule has 4 atom stereocenters. The van der Waals surface area contributed by atoms with E-state index in [0.717, 1.165) is 45.4 Å². The van der Waals surface area contributed by atoms with E-state index >= 15 is 0 Å². The third-order valence-corrected chi connectivity index (χ3v) is 6.58. The van der Waals surface area contributed by atoms with Crippen molar-refractivity contribution in [2.45, 2.75) is 57.7 Å². The summed E-state index contributed by atoms with van der Waals surface area (Å²) in [5.41, 5.74) is 0. The molecular formula is C20H31N5O2. The fourth-order valence-electron chi connectivity index (χ4n) is 5.46. The Morgan fingerprint density at radius 1 is 1.30 bits per heavy atom. The number of imidazole rings is 1. The molecule has 7 heteroatoms. The summed E-state index contributed by atoms with van der Waals surface area (Å²) >= 11 is 0. The highest BCUT2D eigenvalue weighted by Crippen LogP contribution is 2.41. The monoisotopic (exact) mass is 373 g/mol. The molecule has 0 aliphatic carbocycles. The molecule has 1 aromatic heterocycles. The second-order valence-electron chi connectivity index (χ2n) is 8.43. The fraction of sp³-hybridized carbons (Fsp3) is 0.750. The van der Waals surface area contributed by atoms with Gasteiger partial charge in [-0.3, -0.25) is 9.59 Å². The van der Waals surface area contributed by atoms with Crippen molar-refractivity contribution < 1.29 is 9.59 Å². The van der Waals surface area contributed by atoms with Crippen molar-refractivity contribution in [1.82, 2.24) is 24.7 Å². The lowest BCUT2D eigenvalue weighted by atomic mass is 9.72. The molecule has 0 radical (unpaired) electrons. The second kappa shape index (κ2) is 8.00. The molecule has 27 heavy (non-hydrogen) atoms. The number of hydrogen-bond acceptors (Lipinski definition) is 4. The first-order valence-corrected chi connectivity index (χ1v) is 10.4. The fourth-order valence-corrected chi connectivity index (χ4v) is 5.46. The van der Waals surface area contributed by atoms with Crippen LogP contribution in [0.5, 0.6) is 0 Å². The Morgan fingerprint density at radius 3 is 2.93 bits per heavy atom. The number of nitrogens with one attached hydrogen (secondary N) is 1. The molecule has 4 heterocycles. The van der Waals surface area contributed by atoms with Crippen molar-refractivity contribution in [2.75, 3.05) is 26.2 Å². The van der Waals surface area contributed by atoms with Gasteiger partial charge in [-0.05, 0) is 44.1 Å². The lowest BCUT2D eigenvalue weighted by Gasteiger charge is -2.56. The van der Waals surface area contributed by atoms with Gasteiger partial charge in [0.15, 0.2) is 0 Å². The summed E-state index contributed by atoms with van der Waals surface area (Å²) in [5.74, 6) is 1.33. The van der Waals surface area contributed by atoms with Crippen LogP contribution in [-0.4, -0.2) is 69.4 Å². The molecule has 7 nitrogen and oxygen atoms in total. The molecule has 0 unspecified atom stereocenters. The Kier molecular flexibility index (Phi) is 5.48. The van der Waals surface area contributed by atoms with Gasteiger partial charge in [0, 0.05) is 58.0 Å². The van der Waals surface area contributed by atoms with E-state index in [9.17, 15) is 9.59 Å². The summed E-state index contributed by atoms with van der Waals surface area (Å²) in [6.07, 6.45) is 10.8. The Hall–Kier alpha value is -1.89. The topological polar surface area (TPSA) is 70.5 Å². The molecule has 3 saturated heterocycles. The minimum Gasteiger partial charge on any atom is -0.354 e. The van der Waals surface area contributed by atoms with Crippen LogP contribution in [0, 0.1) is 11.8 Å². The number of fused-ring (bicyclic) bond motifs is 4. The maximum absolute atomic E-state index is 12.7. The van der Waals surface area contributed by atoms with Gasteiger partial charge in [0.1, 0.15) is 0 Å². The zero-order valence-corrected chi connectivity index (χ0v) is 16.2. The number of nitrogens with zero attached hydrogens (tertiary/aromatic N) is 4. The Morgan fingerprint density at radius 2 is 2.15 bits per heavy atom. The summed E-state index contributed by atoms with van der Waals surface area (Å²) in [4.78, 5) is 33.0. The van der Waals surface area contributed by atoms with Gasteiger partial charge in [0.05, 0.1) is 12.4 Å². The van der Waals surface area contributed by atoms with Gasteiger partial charge in [-0.1, -0.05) is 0 Å². The van der Waals surface area contributed by atoms with Crippen molar-refractivity contribution in [1.29, 1.82) is 0 Å². The van der Waals surface area contributed by atoms with Gasteiger partial charge >= 0.3 is 0 Å². The summed E-state index contributed by atoms with van der Waals surface area (Å²) in [6, 6.07) is 0.511. The lowest BCUT2D eigenvalue weighted by Crippen LogP contribution is -2.67. The summed E-state index contributed by atoms with van der Waals surface area (Å²) < 4.78 is 2.13. The van der Waals surface area contributed by atoms with Gasteiger partial charge in [-0.15, -0.1) is 0 Å². The number of carbonyl (C=O) groups is 2. The zero-order chi connectivity index (χ0) is 18.8. The number of aryl methyl sites for hydroxylation is 1. The average molecular weight is 374 g/mol. The van der Waals surface area contributed by atoms with Crippen LogP contribution in [-0.2, 0) is 16.1 Å². The molecule has 3 aliphatic rings. The van der Waals surface area contributed by atoms with Crippen molar-refractivity contribution in [3.05, 3.63) is 18.7 Å². The molecule has 1 N–H and O–H groups in total. The number of piperidine rings is 3. The molecule has 2 bridgehead atoms. The van der Waals surface area contributed by atoms with Gasteiger partial charge in [0.25, 0.3) is 0 Å². The predicted octanol–water partition coefficient (Wildman–Crippen LogP) is 1.11. The van der Waals surface area contributed by atoms with E-state index in [1.165, 1.54) is 6.42 Å². The minimum absolute atomic E-state index is 0.00821. The number of hydrogen-bond donors (Lipinski definition) is 1. The Bertz CT molecular complexity index is 661. The smallest absolute Gasteiger partial charge is 0.223 e. The Balaban J connectivity index is 1.42. The number of amides is 2. The maximum Gasteiger partial charge on any atom is 0.223 e. The van der Waals surface area contributed by atoms with Gasteiger partial charge in [0.2, 0.25) is 11.8 Å². The molecular weight excluding hydrogens is 342 g/mol. The third kappa shape index (κ3) is 4.03. The highest BCUT2D eigenvalue weighted by molar-refractivity contribution is 5.78. The zero-order valence-electron chi connectivity index (χ0n) is 16.2. The van der Waals surface area contributed by atoms with Crippen LogP contribution in [0.4, 0.5) is 0 Å². The van der Waals surface area contributed by atoms with Crippen LogP contribution in [0.3, 0.4) is 0 Å². The molecule has 3 aliphatic heterocycles. The van der Waals surface area contributed by atoms with E-state index in [0.29, 0.717) is 36.8 Å². The lowest BCUT2D eigenvalue weighted by molar-refractivity contribution is -0.153. The van der Waals surface area contributed by atoms with Crippen LogP contribution in [0.1, 0.15) is 39.0 Å². The van der Waals surface area contributed by atoms with E-state index in [-0.39, 0.29) is 11.9 Å². The average Bonchev–Trinajstić information content (AvgIpc) is 3.15. The van der Waals surface area contributed by atoms with Crippen LogP contribution in [0.15, 0.2) is 18.7 Å². The quantitative estimate of drug-likeness (QED) is 0.811. The number of likely N-dealkylation sites (tertiary alicyclic amines) is 1. The van der Waals surface area contributed by atoms with Gasteiger partial charge < -0.3 is 19.7 Å². The van der Waals surface area contributed by atoms with E-state index in [1.807, 2.05) is 18.7 Å². The maximum atomic E-state index is 12.7. The van der Waals surface area contributed by atoms with E-state index in [1.54, 1.807) is 6.92 Å². The normalized spacial score (nSPS) is 30.9. The first-order chi connectivity index (χ1) is 13.1. The summed E-state index contributed by atoms with van der Waals surface area (Å²) in [7, 11) is 0. The molecule has 4 rings (SSSR count). The summed E-state index contributed by atoms with van der Waals surface area (Å²) in [6.45, 7) is 6.36. The van der Waals surface area contributed by atoms with Crippen LogP contribution < -0.4 is 5.32 Å². The number of rotatable bonds is 6. The van der Waals surface area contributed by atoms with Crippen LogP contribution >= 0.6 is 0 Å². The third-order valence-electron chi connectivity index (χ3n) is 6.58. The molecule has 0 saturated carbocycles. The van der Waals surface area contributed by atoms with E-state index in [4.69, 9.17) is 0 Å². The molecule has 0 spiro atoms. The second-order valence-corrected chi connectivity index (χ2v) is 8.43. The van der Waals surface area contributed by atoms with E-state index in [2.05, 4.69) is 24.7 Å². The largest absolute Gasteiger partial charge is 0.354 e. The van der Waals surface area contributed by atoms with Crippen molar-refractivity contribution in [2.24, 2.45) is 11.8 Å². The first-order valence-electron chi connectivity index (χ1n) is 10.4. The number of carbonyl (C=O) groups excluding carboxylic acids is 2. The van der Waals surface area contributed by atoms with Crippen molar-refractivity contribution >= 4 is 11.8 Å². The van der Waals surface area contributed by atoms with Crippen LogP contribution in [0.25, 0.3) is 0 Å². The van der Waals surface area contributed by atoms with Gasteiger partial charge in [-0.2, -0.15) is 0 Å². The molecule has 148 valence electrons. The predicted molar refractivity (Wildman–Crippen MR) is 102 cm³/mol. The molecule has 0 aromatic carbocycles. The standard InChI is InChI=1S/C20H31N5O2/c1-15(26)22-11-19-17-10-16(18-4-2-5-20(27)25(18)19)12-24(13-17)8-3-7-23-9-6-21-14-23/h6,9,14,16-19H,2-5,7-8,10-13H2,1H3,(H,22,26)/t16-,17+,18+,19+/m1/s1. The van der Waals surface area contributed by atoms with Crippen LogP contribution in [0.2, 0.25) is 0 Å². The van der Waals surface area contributed by atoms with Gasteiger partial charge in [-0.25, -0.2) is 4.98 Å². The summed E-state index contributed by atoms with van der Waals surface area (Å²) in [5, 5.41) is 2.99. The Labute approximate surface area is 161 Å². The minimum atomic E-state index is -0.00821. The SMILES string of the molecule is CC(=O)NC[C@H]1[C@H]2C[C@H](CN(CCCn3ccnc3)C2)[C@@H]2CCCC(=O)N21.